The van der Waals surface area contributed by atoms with E-state index in [2.05, 4.69) is 10.4 Å². The average molecular weight is 391 g/mol. The van der Waals surface area contributed by atoms with Crippen molar-refractivity contribution in [3.63, 3.8) is 0 Å². The number of nitrogens with zero attached hydrogens (tertiary/aromatic N) is 3. The van der Waals surface area contributed by atoms with E-state index in [1.807, 2.05) is 6.07 Å². The van der Waals surface area contributed by atoms with Gasteiger partial charge in [0.05, 0.1) is 21.8 Å². The average Bonchev–Trinajstić information content (AvgIpc) is 2.88. The number of rotatable bonds is 4. The van der Waals surface area contributed by atoms with Gasteiger partial charge in [-0.05, 0) is 18.6 Å². The van der Waals surface area contributed by atoms with Crippen LogP contribution in [0.1, 0.15) is 30.9 Å². The summed E-state index contributed by atoms with van der Waals surface area (Å²) in [6, 6.07) is 3.25. The van der Waals surface area contributed by atoms with Crippen molar-refractivity contribution in [3.05, 3.63) is 39.5 Å². The highest BCUT2D eigenvalue weighted by atomic mass is 35.5. The number of aromatic nitrogens is 2. The number of anilines is 1. The van der Waals surface area contributed by atoms with Gasteiger partial charge >= 0.3 is 6.18 Å². The van der Waals surface area contributed by atoms with Crippen molar-refractivity contribution in [1.29, 1.82) is 5.26 Å². The first kappa shape index (κ1) is 19.1. The zero-order valence-corrected chi connectivity index (χ0v) is 14.3. The fraction of sp³-hybridized carbons (Fsp3) is 0.267. The molecule has 1 heterocycles. The summed E-state index contributed by atoms with van der Waals surface area (Å²) >= 11 is 11.9. The second-order valence-corrected chi connectivity index (χ2v) is 5.83. The normalized spacial score (nSPS) is 11.2. The fourth-order valence-corrected chi connectivity index (χ4v) is 2.72. The number of hydrogen-bond acceptors (Lipinski definition) is 3. The van der Waals surface area contributed by atoms with Crippen LogP contribution in [-0.4, -0.2) is 15.7 Å². The minimum atomic E-state index is -4.62. The minimum Gasteiger partial charge on any atom is -0.309 e. The molecule has 0 fully saturated rings. The van der Waals surface area contributed by atoms with Crippen molar-refractivity contribution in [2.45, 2.75) is 25.9 Å². The lowest BCUT2D eigenvalue weighted by Gasteiger charge is -2.15. The van der Waals surface area contributed by atoms with E-state index in [0.717, 1.165) is 10.9 Å². The van der Waals surface area contributed by atoms with E-state index in [9.17, 15) is 18.0 Å². The van der Waals surface area contributed by atoms with Crippen LogP contribution in [0.3, 0.4) is 0 Å². The summed E-state index contributed by atoms with van der Waals surface area (Å²) < 4.78 is 39.5. The third kappa shape index (κ3) is 4.06. The van der Waals surface area contributed by atoms with E-state index in [0.29, 0.717) is 18.6 Å². The number of carbonyl (C=O) groups is 1. The maximum absolute atomic E-state index is 12.8. The molecule has 10 heteroatoms. The number of nitriles is 1. The maximum atomic E-state index is 12.8. The highest BCUT2D eigenvalue weighted by Gasteiger charge is 2.32. The molecule has 0 radical (unpaired) electrons. The predicted octanol–water partition coefficient (Wildman–Crippen LogP) is 4.81. The Labute approximate surface area is 150 Å². The molecule has 2 aromatic rings. The third-order valence-corrected chi connectivity index (χ3v) is 3.76. The molecular weight excluding hydrogens is 380 g/mol. The van der Waals surface area contributed by atoms with Gasteiger partial charge < -0.3 is 5.32 Å². The highest BCUT2D eigenvalue weighted by Crippen LogP contribution is 2.38. The van der Waals surface area contributed by atoms with Crippen LogP contribution in [0, 0.1) is 11.3 Å². The van der Waals surface area contributed by atoms with Crippen LogP contribution in [0.15, 0.2) is 18.3 Å². The number of hydrogen-bond donors (Lipinski definition) is 1. The molecule has 1 aromatic heterocycles. The molecule has 2 rings (SSSR count). The van der Waals surface area contributed by atoms with E-state index in [-0.39, 0.29) is 39.4 Å². The Kier molecular flexibility index (Phi) is 5.60. The van der Waals surface area contributed by atoms with Crippen LogP contribution in [0.4, 0.5) is 19.0 Å². The van der Waals surface area contributed by atoms with Gasteiger partial charge in [-0.15, -0.1) is 0 Å². The van der Waals surface area contributed by atoms with Crippen molar-refractivity contribution in [1.82, 2.24) is 9.78 Å². The van der Waals surface area contributed by atoms with E-state index in [4.69, 9.17) is 28.5 Å². The maximum Gasteiger partial charge on any atom is 0.416 e. The topological polar surface area (TPSA) is 70.7 Å². The molecule has 5 nitrogen and oxygen atoms in total. The van der Waals surface area contributed by atoms with Gasteiger partial charge in [-0.2, -0.15) is 23.5 Å². The molecule has 0 saturated heterocycles. The van der Waals surface area contributed by atoms with Gasteiger partial charge in [0.15, 0.2) is 5.82 Å². The second-order valence-electron chi connectivity index (χ2n) is 5.01. The first-order valence-corrected chi connectivity index (χ1v) is 7.79. The smallest absolute Gasteiger partial charge is 0.309 e. The van der Waals surface area contributed by atoms with E-state index in [1.165, 1.54) is 0 Å². The Morgan fingerprint density at radius 3 is 2.44 bits per heavy atom. The molecule has 1 N–H and O–H groups in total. The predicted molar refractivity (Wildman–Crippen MR) is 86.8 cm³/mol. The van der Waals surface area contributed by atoms with Gasteiger partial charge in [0.2, 0.25) is 5.91 Å². The zero-order chi connectivity index (χ0) is 18.8. The molecule has 0 unspecified atom stereocenters. The van der Waals surface area contributed by atoms with Crippen LogP contribution in [0.5, 0.6) is 0 Å². The quantitative estimate of drug-likeness (QED) is 0.813. The zero-order valence-electron chi connectivity index (χ0n) is 12.8. The molecule has 0 aliphatic carbocycles. The Bertz CT molecular complexity index is 832. The standard InChI is InChI=1S/C15H11Cl2F3N4O/c1-2-3-12(25)23-14-8(6-21)7-22-24(14)13-10(16)4-9(5-11(13)17)15(18,19)20/h4-5,7H,2-3H2,1H3,(H,23,25). The molecule has 0 saturated carbocycles. The van der Waals surface area contributed by atoms with E-state index in [1.54, 1.807) is 6.92 Å². The Hall–Kier alpha value is -2.24. The molecular formula is C15H11Cl2F3N4O. The molecule has 132 valence electrons. The SMILES string of the molecule is CCCC(=O)Nc1c(C#N)cnn1-c1c(Cl)cc(C(F)(F)F)cc1Cl. The van der Waals surface area contributed by atoms with E-state index < -0.39 is 11.7 Å². The highest BCUT2D eigenvalue weighted by molar-refractivity contribution is 6.38. The summed E-state index contributed by atoms with van der Waals surface area (Å²) in [7, 11) is 0. The van der Waals surface area contributed by atoms with Gasteiger partial charge in [0.25, 0.3) is 0 Å². The fourth-order valence-electron chi connectivity index (χ4n) is 2.07. The number of nitrogens with one attached hydrogen (secondary N) is 1. The first-order valence-electron chi connectivity index (χ1n) is 7.03. The number of halogens is 5. The molecule has 1 aromatic carbocycles. The Morgan fingerprint density at radius 1 is 1.36 bits per heavy atom. The number of carbonyl (C=O) groups excluding carboxylic acids is 1. The minimum absolute atomic E-state index is 0.00971. The summed E-state index contributed by atoms with van der Waals surface area (Å²) in [6.45, 7) is 1.80. The summed E-state index contributed by atoms with van der Waals surface area (Å²) in [6.07, 6.45) is -2.69. The largest absolute Gasteiger partial charge is 0.416 e. The van der Waals surface area contributed by atoms with Gasteiger partial charge in [-0.1, -0.05) is 30.1 Å². The number of alkyl halides is 3. The van der Waals surface area contributed by atoms with Crippen LogP contribution >= 0.6 is 23.2 Å². The van der Waals surface area contributed by atoms with Crippen molar-refractivity contribution in [3.8, 4) is 11.8 Å². The van der Waals surface area contributed by atoms with Crippen LogP contribution in [0.2, 0.25) is 10.0 Å². The Morgan fingerprint density at radius 2 is 1.96 bits per heavy atom. The molecule has 0 spiro atoms. The van der Waals surface area contributed by atoms with Crippen LogP contribution < -0.4 is 5.32 Å². The number of amides is 1. The monoisotopic (exact) mass is 390 g/mol. The summed E-state index contributed by atoms with van der Waals surface area (Å²) in [5.74, 6) is -0.385. The van der Waals surface area contributed by atoms with Crippen molar-refractivity contribution in [2.75, 3.05) is 5.32 Å². The summed E-state index contributed by atoms with van der Waals surface area (Å²) in [5.41, 5.74) is -1.06. The van der Waals surface area contributed by atoms with Crippen molar-refractivity contribution >= 4 is 34.9 Å². The van der Waals surface area contributed by atoms with Crippen LogP contribution in [-0.2, 0) is 11.0 Å². The third-order valence-electron chi connectivity index (χ3n) is 3.18. The molecule has 0 bridgehead atoms. The lowest BCUT2D eigenvalue weighted by atomic mass is 10.2. The Balaban J connectivity index is 2.58. The number of benzene rings is 1. The van der Waals surface area contributed by atoms with Crippen LogP contribution in [0.25, 0.3) is 5.69 Å². The van der Waals surface area contributed by atoms with Gasteiger partial charge in [0.1, 0.15) is 17.3 Å². The van der Waals surface area contributed by atoms with Crippen molar-refractivity contribution < 1.29 is 18.0 Å². The molecule has 0 aliphatic rings. The van der Waals surface area contributed by atoms with Gasteiger partial charge in [0, 0.05) is 6.42 Å². The van der Waals surface area contributed by atoms with Crippen molar-refractivity contribution in [2.24, 2.45) is 0 Å². The molecule has 0 atom stereocenters. The summed E-state index contributed by atoms with van der Waals surface area (Å²) in [5, 5.41) is 14.9. The van der Waals surface area contributed by atoms with E-state index >= 15 is 0 Å². The lowest BCUT2D eigenvalue weighted by molar-refractivity contribution is -0.137. The summed E-state index contributed by atoms with van der Waals surface area (Å²) in [4.78, 5) is 11.8. The molecule has 25 heavy (non-hydrogen) atoms. The molecule has 1 amide bonds. The van der Waals surface area contributed by atoms with Gasteiger partial charge in [-0.25, -0.2) is 4.68 Å². The lowest BCUT2D eigenvalue weighted by Crippen LogP contribution is -2.16. The first-order chi connectivity index (χ1) is 11.7. The second kappa shape index (κ2) is 7.33. The molecule has 0 aliphatic heterocycles. The van der Waals surface area contributed by atoms with Gasteiger partial charge in [-0.3, -0.25) is 4.79 Å².